The Bertz CT molecular complexity index is 507. The highest BCUT2D eigenvalue weighted by molar-refractivity contribution is 7.18. The minimum Gasteiger partial charge on any atom is -0.465 e. The van der Waals surface area contributed by atoms with Crippen molar-refractivity contribution in [1.82, 2.24) is 9.88 Å². The van der Waals surface area contributed by atoms with Gasteiger partial charge in [0.05, 0.1) is 12.7 Å². The van der Waals surface area contributed by atoms with Crippen LogP contribution in [0.15, 0.2) is 0 Å². The smallest absolute Gasteiger partial charge is 0.351 e. The number of methoxy groups -OCH3 is 1. The summed E-state index contributed by atoms with van der Waals surface area (Å²) in [6.45, 7) is 7.53. The molecule has 6 nitrogen and oxygen atoms in total. The third kappa shape index (κ3) is 4.29. The molecule has 118 valence electrons. The monoisotopic (exact) mass is 333 g/mol. The number of piperazine rings is 1. The fourth-order valence-corrected chi connectivity index (χ4v) is 3.54. The number of aromatic nitrogens is 1. The van der Waals surface area contributed by atoms with Gasteiger partial charge in [-0.05, 0) is 13.8 Å². The summed E-state index contributed by atoms with van der Waals surface area (Å²) in [5, 5.41) is 10.8. The van der Waals surface area contributed by atoms with Crippen molar-refractivity contribution in [2.45, 2.75) is 19.4 Å². The van der Waals surface area contributed by atoms with Crippen molar-refractivity contribution in [3.05, 3.63) is 10.0 Å². The maximum atomic E-state index is 11.5. The quantitative estimate of drug-likeness (QED) is 0.842. The first kappa shape index (κ1) is 16.5. The molecule has 1 saturated heterocycles. The van der Waals surface area contributed by atoms with Gasteiger partial charge in [-0.15, -0.1) is 0 Å². The van der Waals surface area contributed by atoms with Crippen LogP contribution in [-0.4, -0.2) is 66.4 Å². The Hall–Kier alpha value is -0.890. The number of β-amino-alcohol motifs (C(OH)–C–C–N with tert-alkyl or cyclic N) is 1. The minimum absolute atomic E-state index is 0.195. The van der Waals surface area contributed by atoms with Gasteiger partial charge < -0.3 is 14.7 Å². The molecule has 0 radical (unpaired) electrons. The van der Waals surface area contributed by atoms with Gasteiger partial charge in [0.1, 0.15) is 0 Å². The fourth-order valence-electron chi connectivity index (χ4n) is 2.29. The maximum Gasteiger partial charge on any atom is 0.351 e. The minimum atomic E-state index is -0.690. The average molecular weight is 334 g/mol. The number of aliphatic hydroxyl groups is 1. The van der Waals surface area contributed by atoms with E-state index in [0.717, 1.165) is 31.3 Å². The number of carbonyl (C=O) groups excluding carboxylic acids is 1. The molecular weight excluding hydrogens is 314 g/mol. The molecule has 8 heteroatoms. The normalized spacial score (nSPS) is 17.1. The Morgan fingerprint density at radius 2 is 2.05 bits per heavy atom. The summed E-state index contributed by atoms with van der Waals surface area (Å²) in [7, 11) is 1.33. The summed E-state index contributed by atoms with van der Waals surface area (Å²) in [5.41, 5.74) is -0.690. The van der Waals surface area contributed by atoms with E-state index in [4.69, 9.17) is 11.6 Å². The highest BCUT2D eigenvalue weighted by atomic mass is 35.5. The van der Waals surface area contributed by atoms with Crippen LogP contribution in [0.25, 0.3) is 0 Å². The molecule has 1 N–H and O–H groups in total. The molecule has 0 bridgehead atoms. The van der Waals surface area contributed by atoms with Crippen LogP contribution in [0, 0.1) is 0 Å². The van der Waals surface area contributed by atoms with Gasteiger partial charge in [0.25, 0.3) is 0 Å². The van der Waals surface area contributed by atoms with Gasteiger partial charge >= 0.3 is 5.97 Å². The molecule has 0 spiro atoms. The molecule has 2 heterocycles. The van der Waals surface area contributed by atoms with Crippen molar-refractivity contribution in [1.29, 1.82) is 0 Å². The van der Waals surface area contributed by atoms with E-state index in [2.05, 4.69) is 19.5 Å². The van der Waals surface area contributed by atoms with Gasteiger partial charge in [0.15, 0.2) is 15.2 Å². The molecule has 2 rings (SSSR count). The first-order chi connectivity index (χ1) is 9.80. The van der Waals surface area contributed by atoms with Gasteiger partial charge in [-0.1, -0.05) is 22.9 Å². The zero-order valence-corrected chi connectivity index (χ0v) is 14.0. The number of ether oxygens (including phenoxy) is 1. The molecule has 0 unspecified atom stereocenters. The molecule has 1 fully saturated rings. The van der Waals surface area contributed by atoms with Gasteiger partial charge in [-0.2, -0.15) is 0 Å². The van der Waals surface area contributed by atoms with E-state index in [0.29, 0.717) is 11.4 Å². The van der Waals surface area contributed by atoms with Crippen LogP contribution in [0.5, 0.6) is 0 Å². The van der Waals surface area contributed by atoms with Crippen molar-refractivity contribution in [3.8, 4) is 0 Å². The van der Waals surface area contributed by atoms with Crippen LogP contribution in [0.3, 0.4) is 0 Å². The van der Waals surface area contributed by atoms with Crippen LogP contribution < -0.4 is 4.90 Å². The van der Waals surface area contributed by atoms with E-state index in [-0.39, 0.29) is 5.15 Å². The topological polar surface area (TPSA) is 65.9 Å². The number of halogens is 1. The van der Waals surface area contributed by atoms with E-state index in [1.165, 1.54) is 18.4 Å². The summed E-state index contributed by atoms with van der Waals surface area (Å²) >= 11 is 7.24. The molecule has 1 aromatic rings. The van der Waals surface area contributed by atoms with Crippen LogP contribution in [0.2, 0.25) is 5.15 Å². The molecule has 0 atom stereocenters. The van der Waals surface area contributed by atoms with E-state index in [1.807, 2.05) is 13.8 Å². The number of rotatable bonds is 4. The SMILES string of the molecule is COC(=O)c1sc(N2CCN(CC(C)(C)O)CC2)nc1Cl. The number of hydrogen-bond donors (Lipinski definition) is 1. The zero-order chi connectivity index (χ0) is 15.6. The number of anilines is 1. The Kier molecular flexibility index (Phi) is 5.08. The van der Waals surface area contributed by atoms with Crippen molar-refractivity contribution in [3.63, 3.8) is 0 Å². The van der Waals surface area contributed by atoms with Gasteiger partial charge in [0, 0.05) is 32.7 Å². The molecule has 21 heavy (non-hydrogen) atoms. The molecule has 0 aliphatic carbocycles. The summed E-state index contributed by atoms with van der Waals surface area (Å²) in [6.07, 6.45) is 0. The molecule has 0 saturated carbocycles. The van der Waals surface area contributed by atoms with Crippen LogP contribution in [0.4, 0.5) is 5.13 Å². The lowest BCUT2D eigenvalue weighted by Gasteiger charge is -2.37. The number of nitrogens with zero attached hydrogens (tertiary/aromatic N) is 3. The second-order valence-corrected chi connectivity index (χ2v) is 7.02. The lowest BCUT2D eigenvalue weighted by atomic mass is 10.1. The highest BCUT2D eigenvalue weighted by Gasteiger charge is 2.26. The van der Waals surface area contributed by atoms with Crippen molar-refractivity contribution in [2.75, 3.05) is 44.7 Å². The fraction of sp³-hybridized carbons (Fsp3) is 0.692. The number of hydrogen-bond acceptors (Lipinski definition) is 7. The van der Waals surface area contributed by atoms with Crippen molar-refractivity contribution < 1.29 is 14.6 Å². The van der Waals surface area contributed by atoms with Crippen LogP contribution in [-0.2, 0) is 4.74 Å². The Morgan fingerprint density at radius 1 is 1.43 bits per heavy atom. The van der Waals surface area contributed by atoms with Gasteiger partial charge in [0.2, 0.25) is 0 Å². The van der Waals surface area contributed by atoms with E-state index >= 15 is 0 Å². The number of esters is 1. The summed E-state index contributed by atoms with van der Waals surface area (Å²) in [5.74, 6) is -0.454. The third-order valence-corrected chi connectivity index (χ3v) is 4.68. The summed E-state index contributed by atoms with van der Waals surface area (Å²) < 4.78 is 4.68. The molecule has 1 aromatic heterocycles. The Morgan fingerprint density at radius 3 is 2.57 bits per heavy atom. The average Bonchev–Trinajstić information content (AvgIpc) is 2.79. The van der Waals surface area contributed by atoms with Crippen molar-refractivity contribution >= 4 is 34.0 Å². The first-order valence-electron chi connectivity index (χ1n) is 6.74. The van der Waals surface area contributed by atoms with E-state index < -0.39 is 11.6 Å². The summed E-state index contributed by atoms with van der Waals surface area (Å²) in [4.78, 5) is 20.4. The second kappa shape index (κ2) is 6.48. The van der Waals surface area contributed by atoms with E-state index in [1.54, 1.807) is 0 Å². The molecule has 1 aliphatic rings. The molecule has 0 amide bonds. The first-order valence-corrected chi connectivity index (χ1v) is 7.94. The lowest BCUT2D eigenvalue weighted by molar-refractivity contribution is 0.0345. The largest absolute Gasteiger partial charge is 0.465 e. The second-order valence-electron chi connectivity index (χ2n) is 5.68. The summed E-state index contributed by atoms with van der Waals surface area (Å²) in [6, 6.07) is 0. The number of carbonyl (C=O) groups is 1. The van der Waals surface area contributed by atoms with Crippen molar-refractivity contribution in [2.24, 2.45) is 0 Å². The maximum absolute atomic E-state index is 11.5. The standard InChI is InChI=1S/C13H20ClN3O3S/c1-13(2,19)8-16-4-6-17(7-5-16)12-15-10(14)9(21-12)11(18)20-3/h19H,4-8H2,1-3H3. The predicted molar refractivity (Wildman–Crippen MR) is 83.4 cm³/mol. The molecule has 1 aliphatic heterocycles. The van der Waals surface area contributed by atoms with Gasteiger partial charge in [-0.25, -0.2) is 9.78 Å². The molecule has 0 aromatic carbocycles. The Balaban J connectivity index is 1.98. The molecular formula is C13H20ClN3O3S. The number of thiazole rings is 1. The van der Waals surface area contributed by atoms with E-state index in [9.17, 15) is 9.90 Å². The lowest BCUT2D eigenvalue weighted by Crippen LogP contribution is -2.50. The van der Waals surface area contributed by atoms with Gasteiger partial charge in [-0.3, -0.25) is 4.90 Å². The zero-order valence-electron chi connectivity index (χ0n) is 12.4. The third-order valence-electron chi connectivity index (χ3n) is 3.20. The predicted octanol–water partition coefficient (Wildman–Crippen LogP) is 1.48. The van der Waals surface area contributed by atoms with Crippen LogP contribution >= 0.6 is 22.9 Å². The van der Waals surface area contributed by atoms with Crippen LogP contribution in [0.1, 0.15) is 23.5 Å². The highest BCUT2D eigenvalue weighted by Crippen LogP contribution is 2.30. The Labute approximate surface area is 133 Å².